The van der Waals surface area contributed by atoms with E-state index in [1.165, 1.54) is 6.92 Å². The van der Waals surface area contributed by atoms with E-state index in [2.05, 4.69) is 5.32 Å². The summed E-state index contributed by atoms with van der Waals surface area (Å²) in [4.78, 5) is 24.8. The average Bonchev–Trinajstić information content (AvgIpc) is 2.29. The van der Waals surface area contributed by atoms with Gasteiger partial charge in [-0.3, -0.25) is 9.59 Å². The highest BCUT2D eigenvalue weighted by molar-refractivity contribution is 5.79. The summed E-state index contributed by atoms with van der Waals surface area (Å²) in [6.07, 6.45) is 1.18. The Kier molecular flexibility index (Phi) is 5.14. The SMILES string of the molecule is CC(=O)N[C@@H]1CC[C@H](C(=O)N(C)C(C)C)C[C@H]1O. The maximum Gasteiger partial charge on any atom is 0.225 e. The number of nitrogens with one attached hydrogen (secondary N) is 1. The quantitative estimate of drug-likeness (QED) is 0.773. The predicted molar refractivity (Wildman–Crippen MR) is 68.9 cm³/mol. The fourth-order valence-corrected chi connectivity index (χ4v) is 2.34. The van der Waals surface area contributed by atoms with E-state index in [0.717, 1.165) is 6.42 Å². The van der Waals surface area contributed by atoms with Gasteiger partial charge in [0.15, 0.2) is 0 Å². The van der Waals surface area contributed by atoms with Crippen LogP contribution in [0.2, 0.25) is 0 Å². The number of nitrogens with zero attached hydrogens (tertiary/aromatic N) is 1. The van der Waals surface area contributed by atoms with Crippen molar-refractivity contribution in [1.29, 1.82) is 0 Å². The van der Waals surface area contributed by atoms with Gasteiger partial charge in [0.2, 0.25) is 11.8 Å². The molecular weight excluding hydrogens is 232 g/mol. The smallest absolute Gasteiger partial charge is 0.225 e. The standard InChI is InChI=1S/C13H24N2O3/c1-8(2)15(4)13(18)10-5-6-11(12(17)7-10)14-9(3)16/h8,10-12,17H,5-7H2,1-4H3,(H,14,16)/t10-,11+,12+/m0/s1. The first-order valence-corrected chi connectivity index (χ1v) is 6.54. The lowest BCUT2D eigenvalue weighted by Crippen LogP contribution is -2.49. The van der Waals surface area contributed by atoms with Crippen LogP contribution in [0.5, 0.6) is 0 Å². The number of amides is 2. The number of carbonyl (C=O) groups excluding carboxylic acids is 2. The molecule has 0 aromatic heterocycles. The monoisotopic (exact) mass is 256 g/mol. The minimum Gasteiger partial charge on any atom is -0.391 e. The fraction of sp³-hybridized carbons (Fsp3) is 0.846. The molecule has 2 N–H and O–H groups in total. The Labute approximate surface area is 109 Å². The van der Waals surface area contributed by atoms with Crippen LogP contribution >= 0.6 is 0 Å². The van der Waals surface area contributed by atoms with Crippen molar-refractivity contribution in [3.63, 3.8) is 0 Å². The summed E-state index contributed by atoms with van der Waals surface area (Å²) < 4.78 is 0. The first-order chi connectivity index (χ1) is 8.32. The molecule has 0 spiro atoms. The molecule has 1 fully saturated rings. The van der Waals surface area contributed by atoms with E-state index >= 15 is 0 Å². The van der Waals surface area contributed by atoms with E-state index in [1.807, 2.05) is 13.8 Å². The van der Waals surface area contributed by atoms with Crippen LogP contribution in [-0.2, 0) is 9.59 Å². The molecule has 3 atom stereocenters. The van der Waals surface area contributed by atoms with Crippen LogP contribution in [0, 0.1) is 5.92 Å². The van der Waals surface area contributed by atoms with Gasteiger partial charge in [-0.25, -0.2) is 0 Å². The fourth-order valence-electron chi connectivity index (χ4n) is 2.34. The topological polar surface area (TPSA) is 69.6 Å². The number of hydrogen-bond donors (Lipinski definition) is 2. The summed E-state index contributed by atoms with van der Waals surface area (Å²) in [5, 5.41) is 12.7. The van der Waals surface area contributed by atoms with Crippen LogP contribution in [0.25, 0.3) is 0 Å². The van der Waals surface area contributed by atoms with E-state index in [9.17, 15) is 14.7 Å². The van der Waals surface area contributed by atoms with Crippen molar-refractivity contribution in [2.75, 3.05) is 7.05 Å². The number of carbonyl (C=O) groups is 2. The Bertz CT molecular complexity index is 317. The first-order valence-electron chi connectivity index (χ1n) is 6.54. The summed E-state index contributed by atoms with van der Waals surface area (Å²) in [6, 6.07) is -0.0429. The lowest BCUT2D eigenvalue weighted by atomic mass is 9.83. The van der Waals surface area contributed by atoms with Gasteiger partial charge in [0, 0.05) is 25.9 Å². The molecule has 0 saturated heterocycles. The number of aliphatic hydroxyl groups excluding tert-OH is 1. The van der Waals surface area contributed by atoms with Crippen LogP contribution in [0.1, 0.15) is 40.0 Å². The van der Waals surface area contributed by atoms with E-state index < -0.39 is 6.10 Å². The second-order valence-corrected chi connectivity index (χ2v) is 5.43. The van der Waals surface area contributed by atoms with Gasteiger partial charge < -0.3 is 15.3 Å². The Hall–Kier alpha value is -1.10. The molecule has 0 aromatic carbocycles. The Morgan fingerprint density at radius 1 is 1.33 bits per heavy atom. The highest BCUT2D eigenvalue weighted by atomic mass is 16.3. The molecule has 0 radical (unpaired) electrons. The van der Waals surface area contributed by atoms with Crippen LogP contribution in [0.3, 0.4) is 0 Å². The number of aliphatic hydroxyl groups is 1. The number of hydrogen-bond acceptors (Lipinski definition) is 3. The minimum absolute atomic E-state index is 0.0883. The molecule has 1 aliphatic rings. The molecule has 0 aliphatic heterocycles. The van der Waals surface area contributed by atoms with E-state index in [4.69, 9.17) is 0 Å². The van der Waals surface area contributed by atoms with Crippen molar-refractivity contribution in [3.8, 4) is 0 Å². The zero-order valence-corrected chi connectivity index (χ0v) is 11.6. The summed E-state index contributed by atoms with van der Waals surface area (Å²) in [6.45, 7) is 5.38. The largest absolute Gasteiger partial charge is 0.391 e. The van der Waals surface area contributed by atoms with Crippen LogP contribution < -0.4 is 5.32 Å². The molecule has 1 rings (SSSR count). The summed E-state index contributed by atoms with van der Waals surface area (Å²) in [5.41, 5.74) is 0. The van der Waals surface area contributed by atoms with Crippen LogP contribution in [-0.4, -0.2) is 47.1 Å². The van der Waals surface area contributed by atoms with E-state index in [1.54, 1.807) is 11.9 Å². The maximum absolute atomic E-state index is 12.1. The zero-order chi connectivity index (χ0) is 13.9. The van der Waals surface area contributed by atoms with Crippen molar-refractivity contribution in [1.82, 2.24) is 10.2 Å². The van der Waals surface area contributed by atoms with Crippen molar-refractivity contribution in [3.05, 3.63) is 0 Å². The summed E-state index contributed by atoms with van der Waals surface area (Å²) >= 11 is 0. The number of rotatable bonds is 3. The molecule has 1 aliphatic carbocycles. The lowest BCUT2D eigenvalue weighted by Gasteiger charge is -2.35. The third-order valence-corrected chi connectivity index (χ3v) is 3.68. The molecular formula is C13H24N2O3. The molecule has 2 amide bonds. The van der Waals surface area contributed by atoms with Gasteiger partial charge in [0.05, 0.1) is 12.1 Å². The molecule has 1 saturated carbocycles. The maximum atomic E-state index is 12.1. The second-order valence-electron chi connectivity index (χ2n) is 5.43. The van der Waals surface area contributed by atoms with Gasteiger partial charge in [-0.2, -0.15) is 0 Å². The molecule has 0 aromatic rings. The van der Waals surface area contributed by atoms with Crippen molar-refractivity contribution in [2.45, 2.75) is 58.2 Å². The van der Waals surface area contributed by atoms with Gasteiger partial charge >= 0.3 is 0 Å². The van der Waals surface area contributed by atoms with E-state index in [0.29, 0.717) is 12.8 Å². The molecule has 0 unspecified atom stereocenters. The van der Waals surface area contributed by atoms with Gasteiger partial charge in [0.1, 0.15) is 0 Å². The minimum atomic E-state index is -0.628. The normalized spacial score (nSPS) is 28.0. The summed E-state index contributed by atoms with van der Waals surface area (Å²) in [5.74, 6) is -0.175. The highest BCUT2D eigenvalue weighted by Gasteiger charge is 2.34. The zero-order valence-electron chi connectivity index (χ0n) is 11.6. The molecule has 5 nitrogen and oxygen atoms in total. The summed E-state index contributed by atoms with van der Waals surface area (Å²) in [7, 11) is 1.79. The Morgan fingerprint density at radius 3 is 2.39 bits per heavy atom. The first kappa shape index (κ1) is 15.0. The highest BCUT2D eigenvalue weighted by Crippen LogP contribution is 2.26. The van der Waals surface area contributed by atoms with Crippen LogP contribution in [0.15, 0.2) is 0 Å². The molecule has 0 bridgehead atoms. The van der Waals surface area contributed by atoms with Gasteiger partial charge in [-0.1, -0.05) is 0 Å². The lowest BCUT2D eigenvalue weighted by molar-refractivity contribution is -0.138. The second kappa shape index (κ2) is 6.18. The van der Waals surface area contributed by atoms with Crippen molar-refractivity contribution >= 4 is 11.8 Å². The Morgan fingerprint density at radius 2 is 1.94 bits per heavy atom. The van der Waals surface area contributed by atoms with Crippen molar-refractivity contribution in [2.24, 2.45) is 5.92 Å². The van der Waals surface area contributed by atoms with E-state index in [-0.39, 0.29) is 29.8 Å². The molecule has 104 valence electrons. The molecule has 18 heavy (non-hydrogen) atoms. The Balaban J connectivity index is 2.55. The van der Waals surface area contributed by atoms with Crippen molar-refractivity contribution < 1.29 is 14.7 Å². The van der Waals surface area contributed by atoms with Gasteiger partial charge in [0.25, 0.3) is 0 Å². The average molecular weight is 256 g/mol. The van der Waals surface area contributed by atoms with Gasteiger partial charge in [-0.05, 0) is 33.1 Å². The third-order valence-electron chi connectivity index (χ3n) is 3.68. The molecule has 5 heteroatoms. The third kappa shape index (κ3) is 3.70. The molecule has 0 heterocycles. The predicted octanol–water partition coefficient (Wildman–Crippen LogP) is 0.519. The van der Waals surface area contributed by atoms with Gasteiger partial charge in [-0.15, -0.1) is 0 Å². The van der Waals surface area contributed by atoms with Crippen LogP contribution in [0.4, 0.5) is 0 Å².